The molecule has 0 atom stereocenters. The maximum Gasteiger partial charge on any atom is 0.252 e. The number of nitrogen functional groups attached to an aromatic ring is 1. The number of nitrogens with two attached hydrogens (primary N) is 1. The fourth-order valence-corrected chi connectivity index (χ4v) is 2.12. The third-order valence-electron chi connectivity index (χ3n) is 2.70. The van der Waals surface area contributed by atoms with Crippen molar-refractivity contribution >= 4 is 27.5 Å². The summed E-state index contributed by atoms with van der Waals surface area (Å²) in [6, 6.07) is 8.18. The third-order valence-corrected chi connectivity index (χ3v) is 3.35. The van der Waals surface area contributed by atoms with Crippen LogP contribution in [-0.2, 0) is 6.54 Å². The van der Waals surface area contributed by atoms with E-state index in [9.17, 15) is 13.6 Å². The van der Waals surface area contributed by atoms with Crippen LogP contribution in [0.15, 0.2) is 40.9 Å². The Morgan fingerprint density at radius 3 is 2.50 bits per heavy atom. The molecule has 0 spiro atoms. The minimum absolute atomic E-state index is 0.0971. The average molecular weight is 341 g/mol. The van der Waals surface area contributed by atoms with E-state index >= 15 is 0 Å². The first-order valence-corrected chi connectivity index (χ1v) is 6.54. The number of carbonyl (C=O) groups excluding carboxylic acids is 1. The molecule has 0 aliphatic rings. The first kappa shape index (κ1) is 14.5. The second kappa shape index (κ2) is 6.00. The summed E-state index contributed by atoms with van der Waals surface area (Å²) in [5.74, 6) is -1.33. The molecule has 0 heterocycles. The van der Waals surface area contributed by atoms with Crippen LogP contribution in [0, 0.1) is 11.6 Å². The number of hydrogen-bond donors (Lipinski definition) is 2. The number of halogens is 3. The molecule has 0 fully saturated rings. The van der Waals surface area contributed by atoms with Crippen LogP contribution in [-0.4, -0.2) is 5.91 Å². The van der Waals surface area contributed by atoms with Gasteiger partial charge in [-0.05, 0) is 45.8 Å². The van der Waals surface area contributed by atoms with Gasteiger partial charge in [0.25, 0.3) is 5.91 Å². The lowest BCUT2D eigenvalue weighted by atomic mass is 10.1. The first-order valence-electron chi connectivity index (χ1n) is 5.74. The van der Waals surface area contributed by atoms with E-state index in [1.165, 1.54) is 18.2 Å². The molecule has 0 unspecified atom stereocenters. The molecule has 0 radical (unpaired) electrons. The Hall–Kier alpha value is -1.95. The molecule has 0 saturated heterocycles. The highest BCUT2D eigenvalue weighted by atomic mass is 79.9. The fraction of sp³-hybridized carbons (Fsp3) is 0.0714. The quantitative estimate of drug-likeness (QED) is 0.842. The summed E-state index contributed by atoms with van der Waals surface area (Å²) in [6.45, 7) is 0.239. The van der Waals surface area contributed by atoms with Crippen LogP contribution in [0.5, 0.6) is 0 Å². The molecule has 104 valence electrons. The van der Waals surface area contributed by atoms with Crippen molar-refractivity contribution in [2.45, 2.75) is 6.54 Å². The van der Waals surface area contributed by atoms with Gasteiger partial charge in [-0.2, -0.15) is 0 Å². The van der Waals surface area contributed by atoms with E-state index in [-0.39, 0.29) is 23.6 Å². The second-order valence-electron chi connectivity index (χ2n) is 4.16. The predicted molar refractivity (Wildman–Crippen MR) is 76.1 cm³/mol. The molecular weight excluding hydrogens is 330 g/mol. The lowest BCUT2D eigenvalue weighted by Gasteiger charge is -2.08. The van der Waals surface area contributed by atoms with Crippen LogP contribution in [0.1, 0.15) is 15.9 Å². The van der Waals surface area contributed by atoms with Gasteiger partial charge in [0.2, 0.25) is 0 Å². The molecule has 6 heteroatoms. The molecule has 2 aromatic rings. The molecule has 3 N–H and O–H groups in total. The highest BCUT2D eigenvalue weighted by Gasteiger charge is 2.13. The largest absolute Gasteiger partial charge is 0.396 e. The zero-order valence-corrected chi connectivity index (χ0v) is 11.9. The average Bonchev–Trinajstić information content (AvgIpc) is 2.42. The van der Waals surface area contributed by atoms with Crippen molar-refractivity contribution in [3.05, 3.63) is 63.6 Å². The van der Waals surface area contributed by atoms with Crippen molar-refractivity contribution in [3.8, 4) is 0 Å². The summed E-state index contributed by atoms with van der Waals surface area (Å²) in [5, 5.41) is 2.65. The maximum atomic E-state index is 13.2. The monoisotopic (exact) mass is 340 g/mol. The van der Waals surface area contributed by atoms with Crippen molar-refractivity contribution in [1.29, 1.82) is 0 Å². The van der Waals surface area contributed by atoms with Gasteiger partial charge in [0.05, 0.1) is 11.3 Å². The first-order chi connectivity index (χ1) is 9.47. The normalized spacial score (nSPS) is 10.3. The standard InChI is InChI=1S/C14H11BrF2N2O/c15-11-6-12(17)13(18)5-10(11)14(20)19-7-8-1-3-9(16)4-2-8/h1-6H,7,18H2,(H,19,20). The number of hydrogen-bond acceptors (Lipinski definition) is 2. The number of carbonyl (C=O) groups is 1. The van der Waals surface area contributed by atoms with Crippen LogP contribution < -0.4 is 11.1 Å². The van der Waals surface area contributed by atoms with Crippen molar-refractivity contribution in [2.75, 3.05) is 5.73 Å². The minimum atomic E-state index is -0.591. The zero-order valence-electron chi connectivity index (χ0n) is 10.3. The Morgan fingerprint density at radius 1 is 1.20 bits per heavy atom. The summed E-state index contributed by atoms with van der Waals surface area (Å²) in [5.41, 5.74) is 6.33. The van der Waals surface area contributed by atoms with Crippen LogP contribution >= 0.6 is 15.9 Å². The molecule has 0 aromatic heterocycles. The lowest BCUT2D eigenvalue weighted by Crippen LogP contribution is -2.23. The molecule has 20 heavy (non-hydrogen) atoms. The van der Waals surface area contributed by atoms with Gasteiger partial charge in [0, 0.05) is 11.0 Å². The van der Waals surface area contributed by atoms with Gasteiger partial charge in [0.1, 0.15) is 11.6 Å². The molecule has 0 saturated carbocycles. The van der Waals surface area contributed by atoms with Gasteiger partial charge in [-0.25, -0.2) is 8.78 Å². The Labute approximate surface area is 122 Å². The van der Waals surface area contributed by atoms with Gasteiger partial charge in [-0.1, -0.05) is 12.1 Å². The predicted octanol–water partition coefficient (Wildman–Crippen LogP) is 3.24. The van der Waals surface area contributed by atoms with E-state index in [4.69, 9.17) is 5.73 Å². The number of amides is 1. The van der Waals surface area contributed by atoms with Gasteiger partial charge >= 0.3 is 0 Å². The third kappa shape index (κ3) is 3.33. The molecule has 0 bridgehead atoms. The highest BCUT2D eigenvalue weighted by molar-refractivity contribution is 9.10. The fourth-order valence-electron chi connectivity index (χ4n) is 1.62. The van der Waals surface area contributed by atoms with Crippen LogP contribution in [0.3, 0.4) is 0 Å². The molecule has 1 amide bonds. The van der Waals surface area contributed by atoms with Crippen LogP contribution in [0.2, 0.25) is 0 Å². The van der Waals surface area contributed by atoms with E-state index in [1.807, 2.05) is 0 Å². The zero-order chi connectivity index (χ0) is 14.7. The van der Waals surface area contributed by atoms with Gasteiger partial charge in [0.15, 0.2) is 0 Å². The molecule has 3 nitrogen and oxygen atoms in total. The molecule has 2 aromatic carbocycles. The molecular formula is C14H11BrF2N2O. The van der Waals surface area contributed by atoms with Gasteiger partial charge < -0.3 is 11.1 Å². The van der Waals surface area contributed by atoms with Crippen molar-refractivity contribution in [2.24, 2.45) is 0 Å². The SMILES string of the molecule is Nc1cc(C(=O)NCc2ccc(F)cc2)c(Br)cc1F. The lowest BCUT2D eigenvalue weighted by molar-refractivity contribution is 0.0950. The van der Waals surface area contributed by atoms with Crippen LogP contribution in [0.25, 0.3) is 0 Å². The molecule has 0 aliphatic carbocycles. The maximum absolute atomic E-state index is 13.2. The molecule has 0 aliphatic heterocycles. The van der Waals surface area contributed by atoms with E-state index in [1.54, 1.807) is 12.1 Å². The number of benzene rings is 2. The highest BCUT2D eigenvalue weighted by Crippen LogP contribution is 2.22. The molecule has 2 rings (SSSR count). The number of anilines is 1. The van der Waals surface area contributed by atoms with E-state index in [2.05, 4.69) is 21.2 Å². The van der Waals surface area contributed by atoms with Gasteiger partial charge in [-0.15, -0.1) is 0 Å². The van der Waals surface area contributed by atoms with Crippen molar-refractivity contribution in [1.82, 2.24) is 5.32 Å². The van der Waals surface area contributed by atoms with E-state index in [0.717, 1.165) is 11.6 Å². The topological polar surface area (TPSA) is 55.1 Å². The summed E-state index contributed by atoms with van der Waals surface area (Å²) in [4.78, 5) is 12.0. The Kier molecular flexibility index (Phi) is 4.34. The van der Waals surface area contributed by atoms with Gasteiger partial charge in [-0.3, -0.25) is 4.79 Å². The van der Waals surface area contributed by atoms with E-state index < -0.39 is 11.7 Å². The number of rotatable bonds is 3. The summed E-state index contributed by atoms with van der Waals surface area (Å²) < 4.78 is 26.3. The Bertz CT molecular complexity index is 644. The minimum Gasteiger partial charge on any atom is -0.396 e. The number of nitrogens with one attached hydrogen (secondary N) is 1. The van der Waals surface area contributed by atoms with Crippen molar-refractivity contribution < 1.29 is 13.6 Å². The Balaban J connectivity index is 2.09. The smallest absolute Gasteiger partial charge is 0.252 e. The second-order valence-corrected chi connectivity index (χ2v) is 5.02. The summed E-state index contributed by atoms with van der Waals surface area (Å²) in [6.07, 6.45) is 0. The summed E-state index contributed by atoms with van der Waals surface area (Å²) >= 11 is 3.11. The van der Waals surface area contributed by atoms with Crippen molar-refractivity contribution in [3.63, 3.8) is 0 Å². The van der Waals surface area contributed by atoms with E-state index in [0.29, 0.717) is 4.47 Å². The Morgan fingerprint density at radius 2 is 1.85 bits per heavy atom. The summed E-state index contributed by atoms with van der Waals surface area (Å²) in [7, 11) is 0. The van der Waals surface area contributed by atoms with Crippen LogP contribution in [0.4, 0.5) is 14.5 Å².